The minimum atomic E-state index is 0.0960. The molecule has 0 saturated heterocycles. The molecular weight excluding hydrogens is 280 g/mol. The molecule has 0 radical (unpaired) electrons. The Morgan fingerprint density at radius 1 is 1.29 bits per heavy atom. The van der Waals surface area contributed by atoms with E-state index in [9.17, 15) is 0 Å². The Morgan fingerprint density at radius 2 is 2.14 bits per heavy atom. The molecule has 118 valence electrons. The number of nitrogens with one attached hydrogen (secondary N) is 1. The zero-order valence-electron chi connectivity index (χ0n) is 13.4. The standard InChI is InChI=1S/C17H28N2OS/c1-13-7-5-6-10-17(13,18-11-12-20-2)16-19-14-8-3-4-9-15(14)21-16/h13,18H,3-12H2,1-2H3. The van der Waals surface area contributed by atoms with Gasteiger partial charge in [-0.2, -0.15) is 0 Å². The lowest BCUT2D eigenvalue weighted by molar-refractivity contribution is 0.128. The number of methoxy groups -OCH3 is 1. The third-order valence-corrected chi connectivity index (χ3v) is 6.61. The van der Waals surface area contributed by atoms with Gasteiger partial charge in [0.05, 0.1) is 17.8 Å². The van der Waals surface area contributed by atoms with E-state index < -0.39 is 0 Å². The molecule has 3 rings (SSSR count). The van der Waals surface area contributed by atoms with E-state index in [1.807, 2.05) is 11.3 Å². The van der Waals surface area contributed by atoms with E-state index in [0.717, 1.165) is 13.2 Å². The smallest absolute Gasteiger partial charge is 0.114 e. The van der Waals surface area contributed by atoms with Crippen LogP contribution in [0.2, 0.25) is 0 Å². The fourth-order valence-electron chi connectivity index (χ4n) is 3.92. The van der Waals surface area contributed by atoms with Crippen molar-refractivity contribution in [1.82, 2.24) is 10.3 Å². The van der Waals surface area contributed by atoms with Gasteiger partial charge in [0.1, 0.15) is 5.01 Å². The largest absolute Gasteiger partial charge is 0.383 e. The van der Waals surface area contributed by atoms with Gasteiger partial charge in [-0.15, -0.1) is 11.3 Å². The normalized spacial score (nSPS) is 29.3. The molecule has 2 atom stereocenters. The maximum atomic E-state index is 5.25. The van der Waals surface area contributed by atoms with Crippen LogP contribution < -0.4 is 5.32 Å². The summed E-state index contributed by atoms with van der Waals surface area (Å²) in [4.78, 5) is 6.65. The van der Waals surface area contributed by atoms with Crippen molar-refractivity contribution < 1.29 is 4.74 Å². The lowest BCUT2D eigenvalue weighted by atomic mass is 9.74. The second kappa shape index (κ2) is 6.76. The van der Waals surface area contributed by atoms with E-state index in [2.05, 4.69) is 12.2 Å². The molecule has 0 aliphatic heterocycles. The summed E-state index contributed by atoms with van der Waals surface area (Å²) in [6.45, 7) is 4.10. The number of fused-ring (bicyclic) bond motifs is 1. The average molecular weight is 308 g/mol. The highest BCUT2D eigenvalue weighted by atomic mass is 32.1. The van der Waals surface area contributed by atoms with Gasteiger partial charge in [0.25, 0.3) is 0 Å². The van der Waals surface area contributed by atoms with Crippen LogP contribution in [-0.4, -0.2) is 25.2 Å². The quantitative estimate of drug-likeness (QED) is 0.843. The van der Waals surface area contributed by atoms with Gasteiger partial charge in [-0.25, -0.2) is 4.98 Å². The highest BCUT2D eigenvalue weighted by Crippen LogP contribution is 2.44. The summed E-state index contributed by atoms with van der Waals surface area (Å²) in [5.41, 5.74) is 1.49. The van der Waals surface area contributed by atoms with Crippen LogP contribution in [0.1, 0.15) is 61.0 Å². The summed E-state index contributed by atoms with van der Waals surface area (Å²) >= 11 is 1.99. The summed E-state index contributed by atoms with van der Waals surface area (Å²) in [7, 11) is 1.78. The molecule has 2 aliphatic carbocycles. The number of aromatic nitrogens is 1. The number of thiazole rings is 1. The van der Waals surface area contributed by atoms with Crippen molar-refractivity contribution in [2.45, 2.75) is 63.8 Å². The molecule has 1 aromatic heterocycles. The van der Waals surface area contributed by atoms with Gasteiger partial charge in [0, 0.05) is 18.5 Å². The highest BCUT2D eigenvalue weighted by Gasteiger charge is 2.42. The Hall–Kier alpha value is -0.450. The van der Waals surface area contributed by atoms with Crippen molar-refractivity contribution in [1.29, 1.82) is 0 Å². The first-order valence-electron chi connectivity index (χ1n) is 8.49. The first kappa shape index (κ1) is 15.4. The molecule has 2 unspecified atom stereocenters. The molecule has 3 nitrogen and oxygen atoms in total. The van der Waals surface area contributed by atoms with Crippen LogP contribution in [-0.2, 0) is 23.1 Å². The molecule has 0 amide bonds. The summed E-state index contributed by atoms with van der Waals surface area (Å²) in [5, 5.41) is 5.19. The van der Waals surface area contributed by atoms with Gasteiger partial charge in [-0.05, 0) is 44.4 Å². The highest BCUT2D eigenvalue weighted by molar-refractivity contribution is 7.11. The Balaban J connectivity index is 1.88. The molecule has 1 saturated carbocycles. The fourth-order valence-corrected chi connectivity index (χ4v) is 5.38. The Labute approximate surface area is 132 Å². The molecule has 0 spiro atoms. The monoisotopic (exact) mass is 308 g/mol. The van der Waals surface area contributed by atoms with Gasteiger partial charge >= 0.3 is 0 Å². The zero-order valence-corrected chi connectivity index (χ0v) is 14.2. The molecule has 1 aromatic rings. The Morgan fingerprint density at radius 3 is 2.90 bits per heavy atom. The van der Waals surface area contributed by atoms with Gasteiger partial charge in [-0.1, -0.05) is 19.8 Å². The maximum absolute atomic E-state index is 5.25. The number of aryl methyl sites for hydroxylation is 2. The SMILES string of the molecule is COCCNC1(c2nc3c(s2)CCCC3)CCCCC1C. The van der Waals surface area contributed by atoms with Crippen LogP contribution in [0.5, 0.6) is 0 Å². The van der Waals surface area contributed by atoms with Crippen molar-refractivity contribution in [3.63, 3.8) is 0 Å². The number of hydrogen-bond acceptors (Lipinski definition) is 4. The summed E-state index contributed by atoms with van der Waals surface area (Å²) in [6.07, 6.45) is 10.3. The second-order valence-electron chi connectivity index (χ2n) is 6.63. The van der Waals surface area contributed by atoms with Crippen LogP contribution in [0.3, 0.4) is 0 Å². The third-order valence-electron chi connectivity index (χ3n) is 5.27. The summed E-state index contributed by atoms with van der Waals surface area (Å²) in [5.74, 6) is 0.663. The molecular formula is C17H28N2OS. The number of rotatable bonds is 5. The van der Waals surface area contributed by atoms with Crippen molar-refractivity contribution >= 4 is 11.3 Å². The van der Waals surface area contributed by atoms with E-state index in [1.165, 1.54) is 62.1 Å². The Bertz CT molecular complexity index is 450. The van der Waals surface area contributed by atoms with Gasteiger partial charge in [-0.3, -0.25) is 0 Å². The zero-order chi connectivity index (χ0) is 14.7. The van der Waals surface area contributed by atoms with Crippen molar-refractivity contribution in [2.24, 2.45) is 5.92 Å². The van der Waals surface area contributed by atoms with Gasteiger partial charge in [0.2, 0.25) is 0 Å². The number of hydrogen-bond donors (Lipinski definition) is 1. The minimum absolute atomic E-state index is 0.0960. The first-order chi connectivity index (χ1) is 10.3. The summed E-state index contributed by atoms with van der Waals surface area (Å²) < 4.78 is 5.25. The van der Waals surface area contributed by atoms with Crippen molar-refractivity contribution in [3.05, 3.63) is 15.6 Å². The van der Waals surface area contributed by atoms with Crippen LogP contribution in [0.4, 0.5) is 0 Å². The number of nitrogens with zero attached hydrogens (tertiary/aromatic N) is 1. The lowest BCUT2D eigenvalue weighted by Gasteiger charge is -2.42. The summed E-state index contributed by atoms with van der Waals surface area (Å²) in [6, 6.07) is 0. The minimum Gasteiger partial charge on any atom is -0.383 e. The maximum Gasteiger partial charge on any atom is 0.114 e. The predicted octanol–water partition coefficient (Wildman–Crippen LogP) is 3.66. The molecule has 21 heavy (non-hydrogen) atoms. The van der Waals surface area contributed by atoms with Crippen LogP contribution in [0, 0.1) is 5.92 Å². The van der Waals surface area contributed by atoms with Crippen molar-refractivity contribution in [3.8, 4) is 0 Å². The molecule has 1 heterocycles. The van der Waals surface area contributed by atoms with E-state index in [0.29, 0.717) is 5.92 Å². The van der Waals surface area contributed by atoms with E-state index in [-0.39, 0.29) is 5.54 Å². The molecule has 4 heteroatoms. The number of ether oxygens (including phenoxy) is 1. The van der Waals surface area contributed by atoms with E-state index in [4.69, 9.17) is 9.72 Å². The Kier molecular flexibility index (Phi) is 4.97. The average Bonchev–Trinajstić information content (AvgIpc) is 2.94. The van der Waals surface area contributed by atoms with E-state index in [1.54, 1.807) is 12.0 Å². The van der Waals surface area contributed by atoms with Gasteiger partial charge < -0.3 is 10.1 Å². The second-order valence-corrected chi connectivity index (χ2v) is 7.72. The molecule has 2 aliphatic rings. The first-order valence-corrected chi connectivity index (χ1v) is 9.31. The van der Waals surface area contributed by atoms with Crippen LogP contribution >= 0.6 is 11.3 Å². The van der Waals surface area contributed by atoms with Gasteiger partial charge in [0.15, 0.2) is 0 Å². The third kappa shape index (κ3) is 3.03. The molecule has 0 bridgehead atoms. The van der Waals surface area contributed by atoms with E-state index >= 15 is 0 Å². The topological polar surface area (TPSA) is 34.1 Å². The van der Waals surface area contributed by atoms with Crippen molar-refractivity contribution in [2.75, 3.05) is 20.3 Å². The fraction of sp³-hybridized carbons (Fsp3) is 0.824. The van der Waals surface area contributed by atoms with Crippen LogP contribution in [0.25, 0.3) is 0 Å². The molecule has 0 aromatic carbocycles. The van der Waals surface area contributed by atoms with Crippen LogP contribution in [0.15, 0.2) is 0 Å². The predicted molar refractivity (Wildman–Crippen MR) is 87.9 cm³/mol. The molecule has 1 fully saturated rings. The lowest BCUT2D eigenvalue weighted by Crippen LogP contribution is -2.50. The molecule has 1 N–H and O–H groups in total.